The Bertz CT molecular complexity index is 661. The molecular weight excluding hydrogens is 314 g/mol. The smallest absolute Gasteiger partial charge is 0.228 e. The molecular formula is C20H27N3O2. The molecule has 1 aromatic rings. The van der Waals surface area contributed by atoms with Crippen LogP contribution in [0.1, 0.15) is 50.6 Å². The molecule has 1 N–H and O–H groups in total. The topological polar surface area (TPSA) is 62.3 Å². The first-order valence-corrected chi connectivity index (χ1v) is 9.32. The summed E-state index contributed by atoms with van der Waals surface area (Å²) in [6, 6.07) is 5.60. The maximum absolute atomic E-state index is 12.4. The maximum atomic E-state index is 12.4. The Morgan fingerprint density at radius 1 is 1.24 bits per heavy atom. The first-order valence-electron chi connectivity index (χ1n) is 9.32. The van der Waals surface area contributed by atoms with Crippen molar-refractivity contribution in [2.45, 2.75) is 51.9 Å². The Labute approximate surface area is 149 Å². The first-order chi connectivity index (χ1) is 12.1. The van der Waals surface area contributed by atoms with E-state index in [4.69, 9.17) is 0 Å². The molecule has 2 aliphatic rings. The van der Waals surface area contributed by atoms with Gasteiger partial charge in [-0.15, -0.1) is 0 Å². The fourth-order valence-electron chi connectivity index (χ4n) is 3.60. The van der Waals surface area contributed by atoms with Gasteiger partial charge in [0.15, 0.2) is 0 Å². The van der Waals surface area contributed by atoms with Gasteiger partial charge < -0.3 is 10.2 Å². The molecule has 1 saturated heterocycles. The van der Waals surface area contributed by atoms with Gasteiger partial charge in [0.05, 0.1) is 0 Å². The molecule has 25 heavy (non-hydrogen) atoms. The molecule has 0 spiro atoms. The average Bonchev–Trinajstić information content (AvgIpc) is 2.62. The second kappa shape index (κ2) is 8.28. The lowest BCUT2D eigenvalue weighted by Gasteiger charge is -2.31. The predicted molar refractivity (Wildman–Crippen MR) is 98.1 cm³/mol. The highest BCUT2D eigenvalue weighted by molar-refractivity contribution is 5.92. The molecule has 1 aliphatic heterocycles. The average molecular weight is 341 g/mol. The number of aryl methyl sites for hydroxylation is 1. The van der Waals surface area contributed by atoms with Gasteiger partial charge in [-0.3, -0.25) is 9.59 Å². The van der Waals surface area contributed by atoms with Gasteiger partial charge in [0.1, 0.15) is 5.82 Å². The lowest BCUT2D eigenvalue weighted by Crippen LogP contribution is -2.41. The normalized spacial score (nSPS) is 18.6. The van der Waals surface area contributed by atoms with Crippen LogP contribution in [0, 0.1) is 12.8 Å². The van der Waals surface area contributed by atoms with Gasteiger partial charge >= 0.3 is 0 Å². The molecule has 5 heteroatoms. The van der Waals surface area contributed by atoms with Crippen molar-refractivity contribution in [3.8, 4) is 0 Å². The van der Waals surface area contributed by atoms with E-state index in [0.717, 1.165) is 31.4 Å². The van der Waals surface area contributed by atoms with Crippen LogP contribution < -0.4 is 5.32 Å². The van der Waals surface area contributed by atoms with E-state index in [1.54, 1.807) is 6.07 Å². The van der Waals surface area contributed by atoms with Crippen LogP contribution in [0.3, 0.4) is 0 Å². The minimum atomic E-state index is -0.0414. The third-order valence-corrected chi connectivity index (χ3v) is 5.12. The summed E-state index contributed by atoms with van der Waals surface area (Å²) >= 11 is 0. The predicted octanol–water partition coefficient (Wildman–Crippen LogP) is 3.46. The van der Waals surface area contributed by atoms with Gasteiger partial charge in [-0.1, -0.05) is 17.7 Å². The Kier molecular flexibility index (Phi) is 5.84. The maximum Gasteiger partial charge on any atom is 0.228 e. The van der Waals surface area contributed by atoms with E-state index in [0.29, 0.717) is 25.3 Å². The molecule has 1 fully saturated rings. The van der Waals surface area contributed by atoms with Crippen molar-refractivity contribution in [1.29, 1.82) is 0 Å². The molecule has 0 unspecified atom stereocenters. The Hall–Kier alpha value is -2.17. The number of carbonyl (C=O) groups excluding carboxylic acids is 2. The van der Waals surface area contributed by atoms with E-state index in [-0.39, 0.29) is 17.7 Å². The SMILES string of the molecule is Cc1cccc(NC(=O)C2CCN(C(=O)CC3=CCCCC3)CC2)n1. The van der Waals surface area contributed by atoms with E-state index >= 15 is 0 Å². The minimum Gasteiger partial charge on any atom is -0.342 e. The van der Waals surface area contributed by atoms with Crippen LogP contribution in [0.15, 0.2) is 29.8 Å². The second-order valence-electron chi connectivity index (χ2n) is 7.09. The molecule has 0 aromatic carbocycles. The summed E-state index contributed by atoms with van der Waals surface area (Å²) in [6.07, 6.45) is 8.86. The van der Waals surface area contributed by atoms with Crippen molar-refractivity contribution in [2.75, 3.05) is 18.4 Å². The van der Waals surface area contributed by atoms with Crippen LogP contribution in [-0.2, 0) is 9.59 Å². The molecule has 1 aromatic heterocycles. The summed E-state index contributed by atoms with van der Waals surface area (Å²) in [6.45, 7) is 3.25. The van der Waals surface area contributed by atoms with E-state index in [9.17, 15) is 9.59 Å². The second-order valence-corrected chi connectivity index (χ2v) is 7.09. The number of hydrogen-bond donors (Lipinski definition) is 1. The van der Waals surface area contributed by atoms with Crippen LogP contribution in [0.25, 0.3) is 0 Å². The molecule has 2 amide bonds. The van der Waals surface area contributed by atoms with E-state index in [1.165, 1.54) is 18.4 Å². The summed E-state index contributed by atoms with van der Waals surface area (Å²) < 4.78 is 0. The molecule has 2 heterocycles. The molecule has 134 valence electrons. The highest BCUT2D eigenvalue weighted by atomic mass is 16.2. The Balaban J connectivity index is 1.47. The summed E-state index contributed by atoms with van der Waals surface area (Å²) in [7, 11) is 0. The van der Waals surface area contributed by atoms with Gasteiger partial charge in [0, 0.05) is 31.1 Å². The number of nitrogens with zero attached hydrogens (tertiary/aromatic N) is 2. The zero-order valence-corrected chi connectivity index (χ0v) is 15.0. The van der Waals surface area contributed by atoms with E-state index in [1.807, 2.05) is 24.0 Å². The standard InChI is InChI=1S/C20H27N3O2/c1-15-6-5-9-18(21-15)22-20(25)17-10-12-23(13-11-17)19(24)14-16-7-3-2-4-8-16/h5-7,9,17H,2-4,8,10-14H2,1H3,(H,21,22,25). The number of nitrogens with one attached hydrogen (secondary N) is 1. The number of likely N-dealkylation sites (tertiary alicyclic amines) is 1. The van der Waals surface area contributed by atoms with Crippen LogP contribution >= 0.6 is 0 Å². The number of amides is 2. The Morgan fingerprint density at radius 2 is 2.04 bits per heavy atom. The van der Waals surface area contributed by atoms with Crippen molar-refractivity contribution in [2.24, 2.45) is 5.92 Å². The van der Waals surface area contributed by atoms with Crippen LogP contribution in [-0.4, -0.2) is 34.8 Å². The van der Waals surface area contributed by atoms with E-state index in [2.05, 4.69) is 16.4 Å². The largest absolute Gasteiger partial charge is 0.342 e. The van der Waals surface area contributed by atoms with Crippen LogP contribution in [0.5, 0.6) is 0 Å². The monoisotopic (exact) mass is 341 g/mol. The van der Waals surface area contributed by atoms with Gasteiger partial charge in [-0.2, -0.15) is 0 Å². The number of rotatable bonds is 4. The van der Waals surface area contributed by atoms with Crippen molar-refractivity contribution in [3.05, 3.63) is 35.5 Å². The lowest BCUT2D eigenvalue weighted by molar-refractivity contribution is -0.133. The zero-order chi connectivity index (χ0) is 17.6. The molecule has 0 bridgehead atoms. The zero-order valence-electron chi connectivity index (χ0n) is 15.0. The number of carbonyl (C=O) groups is 2. The summed E-state index contributed by atoms with van der Waals surface area (Å²) in [5.41, 5.74) is 2.18. The van der Waals surface area contributed by atoms with Crippen molar-refractivity contribution < 1.29 is 9.59 Å². The quantitative estimate of drug-likeness (QED) is 0.853. The third-order valence-electron chi connectivity index (χ3n) is 5.12. The summed E-state index contributed by atoms with van der Waals surface area (Å²) in [5, 5.41) is 2.90. The van der Waals surface area contributed by atoms with Gasteiger partial charge in [0.25, 0.3) is 0 Å². The molecule has 0 atom stereocenters. The number of aromatic nitrogens is 1. The molecule has 0 saturated carbocycles. The molecule has 1 aliphatic carbocycles. The van der Waals surface area contributed by atoms with Gasteiger partial charge in [-0.25, -0.2) is 4.98 Å². The highest BCUT2D eigenvalue weighted by Crippen LogP contribution is 2.24. The summed E-state index contributed by atoms with van der Waals surface area (Å²) in [4.78, 5) is 31.1. The number of hydrogen-bond acceptors (Lipinski definition) is 3. The molecule has 5 nitrogen and oxygen atoms in total. The number of allylic oxidation sites excluding steroid dienone is 1. The van der Waals surface area contributed by atoms with Crippen molar-refractivity contribution in [3.63, 3.8) is 0 Å². The summed E-state index contributed by atoms with van der Waals surface area (Å²) in [5.74, 6) is 0.792. The first kappa shape index (κ1) is 17.6. The van der Waals surface area contributed by atoms with Crippen LogP contribution in [0.2, 0.25) is 0 Å². The fraction of sp³-hybridized carbons (Fsp3) is 0.550. The van der Waals surface area contributed by atoms with Crippen molar-refractivity contribution >= 4 is 17.6 Å². The van der Waals surface area contributed by atoms with Gasteiger partial charge in [0.2, 0.25) is 11.8 Å². The Morgan fingerprint density at radius 3 is 2.72 bits per heavy atom. The third kappa shape index (κ3) is 4.91. The molecule has 3 rings (SSSR count). The molecule has 0 radical (unpaired) electrons. The lowest BCUT2D eigenvalue weighted by atomic mass is 9.94. The van der Waals surface area contributed by atoms with Crippen LogP contribution in [0.4, 0.5) is 5.82 Å². The number of anilines is 1. The van der Waals surface area contributed by atoms with Crippen molar-refractivity contribution in [1.82, 2.24) is 9.88 Å². The highest BCUT2D eigenvalue weighted by Gasteiger charge is 2.27. The van der Waals surface area contributed by atoms with E-state index < -0.39 is 0 Å². The fourth-order valence-corrected chi connectivity index (χ4v) is 3.60. The minimum absolute atomic E-state index is 0.0141. The number of piperidine rings is 1. The van der Waals surface area contributed by atoms with Gasteiger partial charge in [-0.05, 0) is 57.6 Å². The number of pyridine rings is 1.